The lowest BCUT2D eigenvalue weighted by Gasteiger charge is -2.34. The molecule has 4 rings (SSSR count). The number of carbonyl (C=O) groups excluding carboxylic acids is 2. The van der Waals surface area contributed by atoms with E-state index in [2.05, 4.69) is 0 Å². The first kappa shape index (κ1) is 18.4. The molecule has 0 unspecified atom stereocenters. The second-order valence-electron chi connectivity index (χ2n) is 7.26. The van der Waals surface area contributed by atoms with Crippen LogP contribution in [-0.2, 0) is 4.79 Å². The molecule has 0 radical (unpaired) electrons. The summed E-state index contributed by atoms with van der Waals surface area (Å²) in [5.74, 6) is 1.69. The van der Waals surface area contributed by atoms with E-state index in [4.69, 9.17) is 13.9 Å². The van der Waals surface area contributed by atoms with Crippen molar-refractivity contribution in [1.29, 1.82) is 0 Å². The zero-order chi connectivity index (χ0) is 19.5. The Balaban J connectivity index is 1.27. The lowest BCUT2D eigenvalue weighted by atomic mass is 9.95. The van der Waals surface area contributed by atoms with Gasteiger partial charge in [-0.2, -0.15) is 0 Å². The first-order valence-corrected chi connectivity index (χ1v) is 9.58. The third-order valence-electron chi connectivity index (χ3n) is 5.28. The molecule has 1 aromatic heterocycles. The van der Waals surface area contributed by atoms with Crippen LogP contribution in [0, 0.1) is 5.92 Å². The van der Waals surface area contributed by atoms with Crippen molar-refractivity contribution in [3.8, 4) is 11.5 Å². The van der Waals surface area contributed by atoms with Gasteiger partial charge in [-0.15, -0.1) is 0 Å². The highest BCUT2D eigenvalue weighted by atomic mass is 16.6. The summed E-state index contributed by atoms with van der Waals surface area (Å²) in [5.41, 5.74) is 0. The van der Waals surface area contributed by atoms with E-state index in [9.17, 15) is 9.59 Å². The predicted octanol–water partition coefficient (Wildman–Crippen LogP) is 2.43. The number of furan rings is 1. The molecule has 2 aromatic rings. The Hall–Kier alpha value is -2.96. The fourth-order valence-electron chi connectivity index (χ4n) is 3.75. The largest absolute Gasteiger partial charge is 0.486 e. The number of likely N-dealkylation sites (tertiary alicyclic amines) is 1. The van der Waals surface area contributed by atoms with E-state index < -0.39 is 0 Å². The molecule has 1 saturated heterocycles. The van der Waals surface area contributed by atoms with Crippen LogP contribution in [0.4, 0.5) is 0 Å². The van der Waals surface area contributed by atoms with Crippen LogP contribution in [0.15, 0.2) is 47.1 Å². The SMILES string of the molecule is CN(C[C@H]1COc2ccccc2O1)C(=O)C1CCN(C(=O)c2ccco2)CC1. The van der Waals surface area contributed by atoms with E-state index in [0.29, 0.717) is 50.6 Å². The number of likely N-dealkylation sites (N-methyl/N-ethyl adjacent to an activating group) is 1. The predicted molar refractivity (Wildman–Crippen MR) is 101 cm³/mol. The Kier molecular flexibility index (Phi) is 5.23. The van der Waals surface area contributed by atoms with Crippen LogP contribution in [0.2, 0.25) is 0 Å². The smallest absolute Gasteiger partial charge is 0.289 e. The molecule has 3 heterocycles. The number of piperidine rings is 1. The lowest BCUT2D eigenvalue weighted by Crippen LogP contribution is -2.47. The molecular formula is C21H24N2O5. The minimum Gasteiger partial charge on any atom is -0.486 e. The van der Waals surface area contributed by atoms with Crippen LogP contribution in [0.25, 0.3) is 0 Å². The van der Waals surface area contributed by atoms with Crippen molar-refractivity contribution in [2.75, 3.05) is 33.3 Å². The van der Waals surface area contributed by atoms with Crippen LogP contribution >= 0.6 is 0 Å². The zero-order valence-electron chi connectivity index (χ0n) is 15.9. The molecule has 7 nitrogen and oxygen atoms in total. The topological polar surface area (TPSA) is 72.2 Å². The Labute approximate surface area is 163 Å². The highest BCUT2D eigenvalue weighted by molar-refractivity contribution is 5.91. The van der Waals surface area contributed by atoms with E-state index in [-0.39, 0.29) is 23.8 Å². The number of fused-ring (bicyclic) bond motifs is 1. The summed E-state index contributed by atoms with van der Waals surface area (Å²) in [6.07, 6.45) is 2.61. The van der Waals surface area contributed by atoms with Crippen LogP contribution < -0.4 is 9.47 Å². The summed E-state index contributed by atoms with van der Waals surface area (Å²) in [6, 6.07) is 10.9. The highest BCUT2D eigenvalue weighted by Gasteiger charge is 2.32. The van der Waals surface area contributed by atoms with E-state index >= 15 is 0 Å². The molecule has 1 atom stereocenters. The fraction of sp³-hybridized carbons (Fsp3) is 0.429. The molecule has 1 fully saturated rings. The number of carbonyl (C=O) groups is 2. The number of ether oxygens (including phenoxy) is 2. The van der Waals surface area contributed by atoms with Gasteiger partial charge in [0.15, 0.2) is 23.4 Å². The van der Waals surface area contributed by atoms with Crippen molar-refractivity contribution in [2.24, 2.45) is 5.92 Å². The van der Waals surface area contributed by atoms with E-state index in [0.717, 1.165) is 5.75 Å². The van der Waals surface area contributed by atoms with Crippen LogP contribution in [0.1, 0.15) is 23.4 Å². The molecule has 7 heteroatoms. The highest BCUT2D eigenvalue weighted by Crippen LogP contribution is 2.31. The van der Waals surface area contributed by atoms with Gasteiger partial charge < -0.3 is 23.7 Å². The van der Waals surface area contributed by atoms with Gasteiger partial charge in [0.05, 0.1) is 12.8 Å². The Morgan fingerprint density at radius 2 is 1.86 bits per heavy atom. The van der Waals surface area contributed by atoms with E-state index in [1.807, 2.05) is 24.3 Å². The zero-order valence-corrected chi connectivity index (χ0v) is 15.9. The van der Waals surface area contributed by atoms with Crippen molar-refractivity contribution < 1.29 is 23.5 Å². The number of benzene rings is 1. The third kappa shape index (κ3) is 3.83. The molecule has 1 aromatic carbocycles. The van der Waals surface area contributed by atoms with Gasteiger partial charge in [-0.3, -0.25) is 9.59 Å². The first-order valence-electron chi connectivity index (χ1n) is 9.58. The van der Waals surface area contributed by atoms with Crippen molar-refractivity contribution in [3.05, 3.63) is 48.4 Å². The minimum atomic E-state index is -0.190. The quantitative estimate of drug-likeness (QED) is 0.810. The maximum absolute atomic E-state index is 12.8. The minimum absolute atomic E-state index is 0.0811. The standard InChI is InChI=1S/C21H24N2O5/c1-22(13-16-14-27-17-5-2-3-6-18(17)28-16)20(24)15-8-10-23(11-9-15)21(25)19-7-4-12-26-19/h2-7,12,15-16H,8-11,13-14H2,1H3/t16-/m0/s1. The normalized spacial score (nSPS) is 19.3. The molecule has 0 spiro atoms. The number of rotatable bonds is 4. The van der Waals surface area contributed by atoms with Gasteiger partial charge in [0.2, 0.25) is 5.91 Å². The average molecular weight is 384 g/mol. The van der Waals surface area contributed by atoms with Crippen molar-refractivity contribution in [3.63, 3.8) is 0 Å². The van der Waals surface area contributed by atoms with Gasteiger partial charge in [-0.05, 0) is 37.1 Å². The lowest BCUT2D eigenvalue weighted by molar-refractivity contribution is -0.137. The van der Waals surface area contributed by atoms with Crippen LogP contribution in [-0.4, -0.2) is 61.0 Å². The van der Waals surface area contributed by atoms with Gasteiger partial charge >= 0.3 is 0 Å². The number of nitrogens with zero attached hydrogens (tertiary/aromatic N) is 2. The average Bonchev–Trinajstić information content (AvgIpc) is 3.27. The van der Waals surface area contributed by atoms with Crippen LogP contribution in [0.5, 0.6) is 11.5 Å². The van der Waals surface area contributed by atoms with E-state index in [1.54, 1.807) is 29.0 Å². The summed E-state index contributed by atoms with van der Waals surface area (Å²) < 4.78 is 16.8. The maximum Gasteiger partial charge on any atom is 0.289 e. The fourth-order valence-corrected chi connectivity index (χ4v) is 3.75. The molecule has 2 amide bonds. The van der Waals surface area contributed by atoms with Gasteiger partial charge in [0.1, 0.15) is 6.61 Å². The summed E-state index contributed by atoms with van der Waals surface area (Å²) in [4.78, 5) is 28.6. The first-order chi connectivity index (χ1) is 13.6. The molecule has 0 aliphatic carbocycles. The second kappa shape index (κ2) is 7.96. The van der Waals surface area contributed by atoms with E-state index in [1.165, 1.54) is 6.26 Å². The Bertz CT molecular complexity index is 827. The summed E-state index contributed by atoms with van der Waals surface area (Å²) >= 11 is 0. The molecule has 28 heavy (non-hydrogen) atoms. The molecular weight excluding hydrogens is 360 g/mol. The van der Waals surface area contributed by atoms with Crippen molar-refractivity contribution >= 4 is 11.8 Å². The van der Waals surface area contributed by atoms with Gasteiger partial charge in [0, 0.05) is 26.1 Å². The molecule has 2 aliphatic rings. The number of hydrogen-bond donors (Lipinski definition) is 0. The molecule has 0 saturated carbocycles. The number of para-hydroxylation sites is 2. The monoisotopic (exact) mass is 384 g/mol. The molecule has 0 N–H and O–H groups in total. The summed E-state index contributed by atoms with van der Waals surface area (Å²) in [6.45, 7) is 2.00. The number of amides is 2. The molecule has 0 bridgehead atoms. The Morgan fingerprint density at radius 1 is 1.11 bits per heavy atom. The second-order valence-corrected chi connectivity index (χ2v) is 7.26. The Morgan fingerprint density at radius 3 is 2.57 bits per heavy atom. The summed E-state index contributed by atoms with van der Waals surface area (Å²) in [5, 5.41) is 0. The molecule has 148 valence electrons. The third-order valence-corrected chi connectivity index (χ3v) is 5.28. The summed E-state index contributed by atoms with van der Waals surface area (Å²) in [7, 11) is 1.80. The molecule has 2 aliphatic heterocycles. The van der Waals surface area contributed by atoms with Crippen LogP contribution in [0.3, 0.4) is 0 Å². The van der Waals surface area contributed by atoms with Crippen molar-refractivity contribution in [1.82, 2.24) is 9.80 Å². The van der Waals surface area contributed by atoms with Gasteiger partial charge in [-0.1, -0.05) is 12.1 Å². The maximum atomic E-state index is 12.8. The number of hydrogen-bond acceptors (Lipinski definition) is 5. The van der Waals surface area contributed by atoms with Gasteiger partial charge in [0.25, 0.3) is 5.91 Å². The van der Waals surface area contributed by atoms with Crippen molar-refractivity contribution in [2.45, 2.75) is 18.9 Å². The van der Waals surface area contributed by atoms with Gasteiger partial charge in [-0.25, -0.2) is 0 Å².